The lowest BCUT2D eigenvalue weighted by Crippen LogP contribution is -2.35. The molecule has 2 amide bonds. The van der Waals surface area contributed by atoms with Crippen molar-refractivity contribution in [2.24, 2.45) is 0 Å². The molecule has 2 aromatic carbocycles. The monoisotopic (exact) mass is 397 g/mol. The Morgan fingerprint density at radius 2 is 1.64 bits per heavy atom. The fraction of sp³-hybridized carbons (Fsp3) is 0.318. The molecule has 0 spiro atoms. The van der Waals surface area contributed by atoms with Gasteiger partial charge in [-0.3, -0.25) is 9.59 Å². The van der Waals surface area contributed by atoms with Crippen LogP contribution in [0, 0.1) is 0 Å². The highest BCUT2D eigenvalue weighted by molar-refractivity contribution is 7.80. The molecule has 0 radical (unpaired) electrons. The fourth-order valence-electron chi connectivity index (χ4n) is 2.88. The number of hydrogen-bond donors (Lipinski definition) is 2. The number of rotatable bonds is 8. The van der Waals surface area contributed by atoms with E-state index in [-0.39, 0.29) is 23.3 Å². The number of nitrogens with one attached hydrogen (secondary N) is 2. The zero-order valence-corrected chi connectivity index (χ0v) is 17.2. The van der Waals surface area contributed by atoms with Crippen molar-refractivity contribution >= 4 is 34.8 Å². The molecular weight excluding hydrogens is 370 g/mol. The van der Waals surface area contributed by atoms with Crippen LogP contribution < -0.4 is 10.6 Å². The second-order valence-corrected chi connectivity index (χ2v) is 6.95. The zero-order chi connectivity index (χ0) is 20.4. The van der Waals surface area contributed by atoms with E-state index in [1.165, 1.54) is 0 Å². The first-order chi connectivity index (χ1) is 13.5. The highest BCUT2D eigenvalue weighted by Gasteiger charge is 2.15. The van der Waals surface area contributed by atoms with E-state index in [9.17, 15) is 9.59 Å². The lowest BCUT2D eigenvalue weighted by atomic mass is 10.1. The Morgan fingerprint density at radius 3 is 2.29 bits per heavy atom. The highest BCUT2D eigenvalue weighted by Crippen LogP contribution is 2.13. The molecule has 28 heavy (non-hydrogen) atoms. The second-order valence-electron chi connectivity index (χ2n) is 6.54. The van der Waals surface area contributed by atoms with Gasteiger partial charge in [0.25, 0.3) is 5.91 Å². The third-order valence-corrected chi connectivity index (χ3v) is 4.31. The molecule has 0 unspecified atom stereocenters. The predicted octanol–water partition coefficient (Wildman–Crippen LogP) is 4.00. The minimum atomic E-state index is -0.187. The molecular formula is C22H27N3O2S. The van der Waals surface area contributed by atoms with Crippen molar-refractivity contribution in [3.63, 3.8) is 0 Å². The zero-order valence-electron chi connectivity index (χ0n) is 16.4. The highest BCUT2D eigenvalue weighted by atomic mass is 32.1. The summed E-state index contributed by atoms with van der Waals surface area (Å²) in [7, 11) is 0. The van der Waals surface area contributed by atoms with Crippen LogP contribution in [-0.4, -0.2) is 34.9 Å². The Hall–Kier alpha value is -2.73. The van der Waals surface area contributed by atoms with Crippen LogP contribution in [0.2, 0.25) is 0 Å². The van der Waals surface area contributed by atoms with E-state index in [1.54, 1.807) is 18.2 Å². The Balaban J connectivity index is 1.96. The van der Waals surface area contributed by atoms with Gasteiger partial charge in [0.2, 0.25) is 5.91 Å². The fourth-order valence-corrected chi connectivity index (χ4v) is 3.11. The van der Waals surface area contributed by atoms with Gasteiger partial charge in [-0.15, -0.1) is 0 Å². The smallest absolute Gasteiger partial charge is 0.253 e. The number of anilines is 1. The van der Waals surface area contributed by atoms with Crippen LogP contribution in [0.15, 0.2) is 54.6 Å². The normalized spacial score (nSPS) is 10.2. The molecule has 148 valence electrons. The minimum Gasteiger partial charge on any atom is -0.339 e. The summed E-state index contributed by atoms with van der Waals surface area (Å²) < 4.78 is 0. The van der Waals surface area contributed by atoms with Crippen molar-refractivity contribution in [2.45, 2.75) is 33.1 Å². The quantitative estimate of drug-likeness (QED) is 0.661. The summed E-state index contributed by atoms with van der Waals surface area (Å²) in [6.07, 6.45) is 2.09. The van der Waals surface area contributed by atoms with Crippen molar-refractivity contribution in [1.82, 2.24) is 10.2 Å². The number of amides is 2. The maximum Gasteiger partial charge on any atom is 0.253 e. The van der Waals surface area contributed by atoms with Crippen molar-refractivity contribution in [3.05, 3.63) is 65.7 Å². The first-order valence-corrected chi connectivity index (χ1v) is 9.98. The van der Waals surface area contributed by atoms with E-state index in [4.69, 9.17) is 12.2 Å². The van der Waals surface area contributed by atoms with Gasteiger partial charge in [0, 0.05) is 24.3 Å². The van der Waals surface area contributed by atoms with E-state index < -0.39 is 0 Å². The lowest BCUT2D eigenvalue weighted by Gasteiger charge is -2.21. The van der Waals surface area contributed by atoms with Gasteiger partial charge in [-0.05, 0) is 48.8 Å². The number of thiocarbonyl (C=S) groups is 1. The molecule has 2 N–H and O–H groups in total. The average Bonchev–Trinajstić information content (AvgIpc) is 2.68. The maximum absolute atomic E-state index is 12.7. The molecule has 6 heteroatoms. The molecule has 0 aliphatic heterocycles. The summed E-state index contributed by atoms with van der Waals surface area (Å²) in [5.41, 5.74) is 2.19. The Kier molecular flexibility index (Phi) is 8.62. The maximum atomic E-state index is 12.7. The number of benzene rings is 2. The minimum absolute atomic E-state index is 0.00591. The molecule has 0 bridgehead atoms. The first-order valence-electron chi connectivity index (χ1n) is 9.57. The van der Waals surface area contributed by atoms with Gasteiger partial charge >= 0.3 is 0 Å². The van der Waals surface area contributed by atoms with E-state index in [1.807, 2.05) is 41.3 Å². The summed E-state index contributed by atoms with van der Waals surface area (Å²) in [6.45, 7) is 5.59. The third-order valence-electron chi connectivity index (χ3n) is 4.10. The number of hydrogen-bond acceptors (Lipinski definition) is 3. The van der Waals surface area contributed by atoms with Crippen LogP contribution in [0.1, 0.15) is 42.6 Å². The molecule has 5 nitrogen and oxygen atoms in total. The van der Waals surface area contributed by atoms with E-state index in [0.717, 1.165) is 31.5 Å². The first kappa shape index (κ1) is 21.6. The summed E-state index contributed by atoms with van der Waals surface area (Å²) in [5, 5.41) is 5.87. The standard InChI is InChI=1S/C22H27N3O2S/c1-3-13-25(14-4-2)21(27)18-11-8-12-19(16-18)23-22(28)24-20(26)15-17-9-6-5-7-10-17/h5-12,16H,3-4,13-15H2,1-2H3,(H2,23,24,26,28). The van der Waals surface area contributed by atoms with Crippen LogP contribution >= 0.6 is 12.2 Å². The molecule has 2 rings (SSSR count). The Morgan fingerprint density at radius 1 is 0.964 bits per heavy atom. The second kappa shape index (κ2) is 11.2. The molecule has 0 saturated carbocycles. The third kappa shape index (κ3) is 6.78. The molecule has 0 atom stereocenters. The van der Waals surface area contributed by atoms with Crippen molar-refractivity contribution in [1.29, 1.82) is 0 Å². The predicted molar refractivity (Wildman–Crippen MR) is 117 cm³/mol. The number of carbonyl (C=O) groups is 2. The van der Waals surface area contributed by atoms with Crippen LogP contribution in [0.3, 0.4) is 0 Å². The average molecular weight is 398 g/mol. The number of carbonyl (C=O) groups excluding carboxylic acids is 2. The molecule has 0 fully saturated rings. The molecule has 0 aliphatic rings. The van der Waals surface area contributed by atoms with Gasteiger partial charge in [0.15, 0.2) is 5.11 Å². The Labute approximate surface area is 172 Å². The molecule has 0 aromatic heterocycles. The van der Waals surface area contributed by atoms with E-state index in [0.29, 0.717) is 11.3 Å². The van der Waals surface area contributed by atoms with Crippen LogP contribution in [0.25, 0.3) is 0 Å². The van der Waals surface area contributed by atoms with Gasteiger partial charge in [0.1, 0.15) is 0 Å². The molecule has 0 heterocycles. The largest absolute Gasteiger partial charge is 0.339 e. The summed E-state index contributed by atoms with van der Waals surface area (Å²) in [6, 6.07) is 16.6. The van der Waals surface area contributed by atoms with E-state index in [2.05, 4.69) is 24.5 Å². The van der Waals surface area contributed by atoms with Gasteiger partial charge < -0.3 is 15.5 Å². The van der Waals surface area contributed by atoms with Crippen LogP contribution in [0.5, 0.6) is 0 Å². The summed E-state index contributed by atoms with van der Waals surface area (Å²) in [4.78, 5) is 26.7. The van der Waals surface area contributed by atoms with Gasteiger partial charge in [0.05, 0.1) is 6.42 Å². The van der Waals surface area contributed by atoms with Crippen molar-refractivity contribution in [3.8, 4) is 0 Å². The van der Waals surface area contributed by atoms with Crippen molar-refractivity contribution in [2.75, 3.05) is 18.4 Å². The van der Waals surface area contributed by atoms with E-state index >= 15 is 0 Å². The molecule has 2 aromatic rings. The number of nitrogens with zero attached hydrogens (tertiary/aromatic N) is 1. The SMILES string of the molecule is CCCN(CCC)C(=O)c1cccc(NC(=S)NC(=O)Cc2ccccc2)c1. The van der Waals surface area contributed by atoms with Gasteiger partial charge in [-0.2, -0.15) is 0 Å². The van der Waals surface area contributed by atoms with Crippen LogP contribution in [-0.2, 0) is 11.2 Å². The molecule has 0 saturated heterocycles. The van der Waals surface area contributed by atoms with Crippen LogP contribution in [0.4, 0.5) is 5.69 Å². The van der Waals surface area contributed by atoms with Crippen molar-refractivity contribution < 1.29 is 9.59 Å². The summed E-state index contributed by atoms with van der Waals surface area (Å²) >= 11 is 5.23. The summed E-state index contributed by atoms with van der Waals surface area (Å²) in [5.74, 6) is -0.181. The van der Waals surface area contributed by atoms with Gasteiger partial charge in [-0.25, -0.2) is 0 Å². The molecule has 0 aliphatic carbocycles. The topological polar surface area (TPSA) is 61.4 Å². The van der Waals surface area contributed by atoms with Gasteiger partial charge in [-0.1, -0.05) is 50.2 Å². The lowest BCUT2D eigenvalue weighted by molar-refractivity contribution is -0.119. The Bertz CT molecular complexity index is 802.